The zero-order valence-corrected chi connectivity index (χ0v) is 12.7. The highest BCUT2D eigenvalue weighted by molar-refractivity contribution is 7.99. The van der Waals surface area contributed by atoms with Gasteiger partial charge in [0.25, 0.3) is 0 Å². The monoisotopic (exact) mass is 272 g/mol. The van der Waals surface area contributed by atoms with Crippen LogP contribution in [0.4, 0.5) is 0 Å². The van der Waals surface area contributed by atoms with E-state index in [0.717, 1.165) is 5.75 Å². The van der Waals surface area contributed by atoms with Crippen LogP contribution in [-0.2, 0) is 9.09 Å². The molecular weight excluding hydrogens is 251 g/mol. The zero-order valence-electron chi connectivity index (χ0n) is 11.0. The molecule has 1 atom stereocenters. The summed E-state index contributed by atoms with van der Waals surface area (Å²) in [6.45, 7) is 8.34. The molecule has 0 saturated heterocycles. The van der Waals surface area contributed by atoms with E-state index in [-0.39, 0.29) is 0 Å². The number of benzene rings is 1. The SMILES string of the molecule is CCOP(C)(=O)CCSc1ccc(C)cc1C. The van der Waals surface area contributed by atoms with E-state index in [9.17, 15) is 4.57 Å². The van der Waals surface area contributed by atoms with E-state index in [1.54, 1.807) is 18.4 Å². The van der Waals surface area contributed by atoms with Crippen LogP contribution < -0.4 is 0 Å². The molecule has 0 amide bonds. The molecule has 0 aromatic heterocycles. The highest BCUT2D eigenvalue weighted by Gasteiger charge is 2.14. The summed E-state index contributed by atoms with van der Waals surface area (Å²) in [5, 5.41) is 0. The molecule has 0 saturated carbocycles. The maximum atomic E-state index is 11.9. The molecule has 0 aliphatic carbocycles. The van der Waals surface area contributed by atoms with Crippen molar-refractivity contribution in [2.45, 2.75) is 25.7 Å². The maximum absolute atomic E-state index is 11.9. The van der Waals surface area contributed by atoms with Crippen LogP contribution in [-0.4, -0.2) is 25.2 Å². The molecule has 1 aromatic carbocycles. The molecule has 0 heterocycles. The van der Waals surface area contributed by atoms with Crippen LogP contribution in [0.5, 0.6) is 0 Å². The number of hydrogen-bond acceptors (Lipinski definition) is 3. The Morgan fingerprint density at radius 1 is 1.35 bits per heavy atom. The standard InChI is InChI=1S/C13H21O2PS/c1-5-15-16(4,14)8-9-17-13-7-6-11(2)10-12(13)3/h6-7,10H,5,8-9H2,1-4H3. The van der Waals surface area contributed by atoms with Crippen molar-refractivity contribution < 1.29 is 9.09 Å². The normalized spacial score (nSPS) is 14.6. The Bertz CT molecular complexity index is 418. The van der Waals surface area contributed by atoms with Crippen molar-refractivity contribution in [3.8, 4) is 0 Å². The summed E-state index contributed by atoms with van der Waals surface area (Å²) in [4.78, 5) is 1.27. The maximum Gasteiger partial charge on any atom is 0.201 e. The molecule has 0 spiro atoms. The fourth-order valence-electron chi connectivity index (χ4n) is 1.62. The third-order valence-electron chi connectivity index (χ3n) is 2.49. The first kappa shape index (κ1) is 14.8. The number of aryl methyl sites for hydroxylation is 2. The van der Waals surface area contributed by atoms with E-state index in [0.29, 0.717) is 12.8 Å². The molecule has 1 aromatic rings. The second-order valence-electron chi connectivity index (χ2n) is 4.27. The average Bonchev–Trinajstić information content (AvgIpc) is 2.21. The molecule has 1 rings (SSSR count). The summed E-state index contributed by atoms with van der Waals surface area (Å²) in [5.74, 6) is 0.845. The summed E-state index contributed by atoms with van der Waals surface area (Å²) >= 11 is 1.76. The molecule has 0 aliphatic rings. The fourth-order valence-corrected chi connectivity index (χ4v) is 4.66. The van der Waals surface area contributed by atoms with Gasteiger partial charge >= 0.3 is 0 Å². The van der Waals surface area contributed by atoms with Gasteiger partial charge in [-0.15, -0.1) is 11.8 Å². The minimum absolute atomic E-state index is 0.530. The largest absolute Gasteiger partial charge is 0.329 e. The van der Waals surface area contributed by atoms with Crippen molar-refractivity contribution in [3.63, 3.8) is 0 Å². The molecule has 0 bridgehead atoms. The molecule has 0 fully saturated rings. The topological polar surface area (TPSA) is 26.3 Å². The Morgan fingerprint density at radius 2 is 2.06 bits per heavy atom. The highest BCUT2D eigenvalue weighted by atomic mass is 32.2. The summed E-state index contributed by atoms with van der Waals surface area (Å²) < 4.78 is 17.2. The van der Waals surface area contributed by atoms with Gasteiger partial charge in [0.1, 0.15) is 0 Å². The summed E-state index contributed by atoms with van der Waals surface area (Å²) in [5.41, 5.74) is 2.57. The van der Waals surface area contributed by atoms with Crippen LogP contribution in [0.2, 0.25) is 0 Å². The van der Waals surface area contributed by atoms with Crippen LogP contribution in [0.3, 0.4) is 0 Å². The van der Waals surface area contributed by atoms with Gasteiger partial charge in [0.15, 0.2) is 0 Å². The summed E-state index contributed by atoms with van der Waals surface area (Å²) in [6, 6.07) is 6.43. The molecule has 4 heteroatoms. The van der Waals surface area contributed by atoms with Gasteiger partial charge in [-0.1, -0.05) is 17.7 Å². The molecule has 0 aliphatic heterocycles. The van der Waals surface area contributed by atoms with Crippen LogP contribution in [0, 0.1) is 13.8 Å². The minimum Gasteiger partial charge on any atom is -0.329 e. The van der Waals surface area contributed by atoms with Crippen molar-refractivity contribution in [3.05, 3.63) is 29.3 Å². The molecule has 96 valence electrons. The van der Waals surface area contributed by atoms with Crippen LogP contribution in [0.25, 0.3) is 0 Å². The number of thioether (sulfide) groups is 1. The van der Waals surface area contributed by atoms with E-state index in [4.69, 9.17) is 4.52 Å². The lowest BCUT2D eigenvalue weighted by atomic mass is 10.2. The van der Waals surface area contributed by atoms with E-state index in [1.807, 2.05) is 6.92 Å². The second-order valence-corrected chi connectivity index (χ2v) is 8.14. The Balaban J connectivity index is 2.48. The van der Waals surface area contributed by atoms with Crippen molar-refractivity contribution in [2.75, 3.05) is 25.2 Å². The van der Waals surface area contributed by atoms with Crippen LogP contribution >= 0.6 is 19.1 Å². The van der Waals surface area contributed by atoms with Gasteiger partial charge in [-0.2, -0.15) is 0 Å². The lowest BCUT2D eigenvalue weighted by Gasteiger charge is -2.12. The molecule has 0 radical (unpaired) electrons. The van der Waals surface area contributed by atoms with Crippen LogP contribution in [0.15, 0.2) is 23.1 Å². The van der Waals surface area contributed by atoms with E-state index >= 15 is 0 Å². The van der Waals surface area contributed by atoms with Gasteiger partial charge in [0, 0.05) is 23.5 Å². The Hall–Kier alpha value is -0.240. The first-order valence-electron chi connectivity index (χ1n) is 5.86. The van der Waals surface area contributed by atoms with Crippen molar-refractivity contribution >= 4 is 19.1 Å². The van der Waals surface area contributed by atoms with Gasteiger partial charge in [0.2, 0.25) is 7.37 Å². The van der Waals surface area contributed by atoms with Crippen molar-refractivity contribution in [1.82, 2.24) is 0 Å². The average molecular weight is 272 g/mol. The predicted octanol–water partition coefficient (Wildman–Crippen LogP) is 4.34. The lowest BCUT2D eigenvalue weighted by molar-refractivity contribution is 0.338. The zero-order chi connectivity index (χ0) is 12.9. The molecule has 2 nitrogen and oxygen atoms in total. The van der Waals surface area contributed by atoms with E-state index < -0.39 is 7.37 Å². The smallest absolute Gasteiger partial charge is 0.201 e. The Kier molecular flexibility index (Phi) is 5.78. The van der Waals surface area contributed by atoms with Gasteiger partial charge in [-0.25, -0.2) is 0 Å². The predicted molar refractivity (Wildman–Crippen MR) is 76.7 cm³/mol. The van der Waals surface area contributed by atoms with Crippen LogP contribution in [0.1, 0.15) is 18.1 Å². The van der Waals surface area contributed by atoms with Gasteiger partial charge in [-0.3, -0.25) is 4.57 Å². The Labute approximate surface area is 109 Å². The quantitative estimate of drug-likeness (QED) is 0.569. The third-order valence-corrected chi connectivity index (χ3v) is 5.81. The molecular formula is C13H21O2PS. The fraction of sp³-hybridized carbons (Fsp3) is 0.538. The van der Waals surface area contributed by atoms with E-state index in [2.05, 4.69) is 32.0 Å². The van der Waals surface area contributed by atoms with Gasteiger partial charge in [-0.05, 0) is 32.4 Å². The molecule has 17 heavy (non-hydrogen) atoms. The minimum atomic E-state index is -2.37. The lowest BCUT2D eigenvalue weighted by Crippen LogP contribution is -1.96. The first-order chi connectivity index (χ1) is 7.94. The second kappa shape index (κ2) is 6.63. The Morgan fingerprint density at radius 3 is 2.65 bits per heavy atom. The molecule has 1 unspecified atom stereocenters. The van der Waals surface area contributed by atoms with Crippen molar-refractivity contribution in [2.24, 2.45) is 0 Å². The third kappa shape index (κ3) is 5.29. The van der Waals surface area contributed by atoms with Gasteiger partial charge in [0.05, 0.1) is 6.61 Å². The summed E-state index contributed by atoms with van der Waals surface area (Å²) in [7, 11) is -2.37. The highest BCUT2D eigenvalue weighted by Crippen LogP contribution is 2.43. The van der Waals surface area contributed by atoms with Gasteiger partial charge < -0.3 is 4.52 Å². The molecule has 0 N–H and O–H groups in total. The number of hydrogen-bond donors (Lipinski definition) is 0. The first-order valence-corrected chi connectivity index (χ1v) is 9.10. The summed E-state index contributed by atoms with van der Waals surface area (Å²) in [6.07, 6.45) is 0.638. The van der Waals surface area contributed by atoms with E-state index in [1.165, 1.54) is 16.0 Å². The number of rotatable bonds is 6. The van der Waals surface area contributed by atoms with Crippen molar-refractivity contribution in [1.29, 1.82) is 0 Å².